The number of carbonyl (C=O) groups excluding carboxylic acids is 2. The number of allylic oxidation sites excluding steroid dienone is 2. The Balaban J connectivity index is 0.541. The van der Waals surface area contributed by atoms with Gasteiger partial charge in [0.05, 0.1) is 21.8 Å². The monoisotopic (exact) mass is 973 g/mol. The Labute approximate surface area is 421 Å². The van der Waals surface area contributed by atoms with Crippen LogP contribution in [0.15, 0.2) is 130 Å². The van der Waals surface area contributed by atoms with E-state index in [0.29, 0.717) is 25.9 Å². The molecule has 0 radical (unpaired) electrons. The second-order valence-electron chi connectivity index (χ2n) is 19.3. The van der Waals surface area contributed by atoms with Gasteiger partial charge < -0.3 is 35.2 Å². The summed E-state index contributed by atoms with van der Waals surface area (Å²) in [5.41, 5.74) is 11.5. The smallest absolute Gasteiger partial charge is 0.219 e. The molecule has 362 valence electrons. The Hall–Kier alpha value is -5.85. The van der Waals surface area contributed by atoms with Crippen LogP contribution in [0, 0.1) is 0 Å². The second kappa shape index (κ2) is 21.6. The molecule has 4 aromatic carbocycles. The Morgan fingerprint density at radius 1 is 0.714 bits per heavy atom. The molecule has 0 saturated carbocycles. The molecule has 5 aromatic rings. The summed E-state index contributed by atoms with van der Waals surface area (Å²) in [5, 5.41) is 12.4. The maximum absolute atomic E-state index is 12.6. The SMILES string of the molecule is O=C(CCCCCN1C=CC2=C3CSc4ccccc4NCCC3Oc3cccc1c32)NCCCCCCNC(=O)CCCCC[n+]1ccc2c3c(cccc31)OC1CCN3C(=C21)Sc1ccccc13. The van der Waals surface area contributed by atoms with Crippen molar-refractivity contribution in [3.63, 3.8) is 0 Å². The summed E-state index contributed by atoms with van der Waals surface area (Å²) in [6.45, 7) is 5.08. The predicted molar refractivity (Wildman–Crippen MR) is 286 cm³/mol. The number of thioether (sulfide) groups is 2. The third kappa shape index (κ3) is 9.91. The molecule has 1 aromatic heterocycles. The van der Waals surface area contributed by atoms with E-state index in [2.05, 4.69) is 140 Å². The van der Waals surface area contributed by atoms with Gasteiger partial charge in [0, 0.05) is 121 Å². The van der Waals surface area contributed by atoms with Gasteiger partial charge in [0.2, 0.25) is 17.3 Å². The highest BCUT2D eigenvalue weighted by molar-refractivity contribution is 8.04. The molecule has 3 N–H and O–H groups in total. The summed E-state index contributed by atoms with van der Waals surface area (Å²) in [5.74, 6) is 3.16. The van der Waals surface area contributed by atoms with Crippen LogP contribution in [-0.4, -0.2) is 62.5 Å². The number of unbranched alkanes of at least 4 members (excludes halogenated alkanes) is 7. The number of aromatic nitrogens is 1. The Bertz CT molecular complexity index is 2860. The number of hydrogen-bond acceptors (Lipinski definition) is 9. The number of ether oxygens (including phenoxy) is 2. The first-order valence-electron chi connectivity index (χ1n) is 26.0. The van der Waals surface area contributed by atoms with Crippen LogP contribution in [0.2, 0.25) is 0 Å². The molecular weight excluding hydrogens is 909 g/mol. The van der Waals surface area contributed by atoms with Gasteiger partial charge in [-0.05, 0) is 98.2 Å². The van der Waals surface area contributed by atoms with E-state index in [1.54, 1.807) is 0 Å². The Morgan fingerprint density at radius 2 is 1.44 bits per heavy atom. The fourth-order valence-electron chi connectivity index (χ4n) is 11.1. The first-order chi connectivity index (χ1) is 34.6. The van der Waals surface area contributed by atoms with Crippen molar-refractivity contribution < 1.29 is 23.6 Å². The lowest BCUT2D eigenvalue weighted by Gasteiger charge is -2.37. The average molecular weight is 974 g/mol. The van der Waals surface area contributed by atoms with Crippen LogP contribution < -0.4 is 39.8 Å². The molecular formula is C58H65N6O4S2+. The van der Waals surface area contributed by atoms with E-state index in [9.17, 15) is 9.59 Å². The molecule has 2 amide bonds. The number of carbonyl (C=O) groups is 2. The number of nitrogens with one attached hydrogen (secondary N) is 3. The normalized spacial score (nSPS) is 18.2. The van der Waals surface area contributed by atoms with Crippen molar-refractivity contribution >= 4 is 74.4 Å². The fraction of sp³-hybridized carbons (Fsp3) is 0.397. The van der Waals surface area contributed by atoms with Crippen molar-refractivity contribution in [1.29, 1.82) is 0 Å². The van der Waals surface area contributed by atoms with Crippen molar-refractivity contribution in [3.8, 4) is 11.5 Å². The van der Waals surface area contributed by atoms with Crippen molar-refractivity contribution in [2.24, 2.45) is 0 Å². The van der Waals surface area contributed by atoms with Gasteiger partial charge in [-0.1, -0.05) is 67.4 Å². The van der Waals surface area contributed by atoms with E-state index in [0.717, 1.165) is 120 Å². The van der Waals surface area contributed by atoms with Gasteiger partial charge in [-0.3, -0.25) is 9.59 Å². The summed E-state index contributed by atoms with van der Waals surface area (Å²) in [4.78, 5) is 32.7. The van der Waals surface area contributed by atoms with Gasteiger partial charge in [0.25, 0.3) is 0 Å². The Morgan fingerprint density at radius 3 is 2.30 bits per heavy atom. The maximum Gasteiger partial charge on any atom is 0.219 e. The molecule has 6 aliphatic rings. The minimum absolute atomic E-state index is 0.0648. The number of anilines is 3. The summed E-state index contributed by atoms with van der Waals surface area (Å²) in [6.07, 6.45) is 19.8. The quantitative estimate of drug-likeness (QED) is 0.0552. The van der Waals surface area contributed by atoms with Crippen LogP contribution in [0.1, 0.15) is 101 Å². The Kier molecular flexibility index (Phi) is 14.4. The van der Waals surface area contributed by atoms with Gasteiger partial charge in [0.15, 0.2) is 6.20 Å². The molecule has 2 unspecified atom stereocenters. The van der Waals surface area contributed by atoms with Gasteiger partial charge in [-0.15, -0.1) is 11.8 Å². The number of benzene rings is 4. The molecule has 0 bridgehead atoms. The van der Waals surface area contributed by atoms with Gasteiger partial charge in [-0.25, -0.2) is 0 Å². The van der Waals surface area contributed by atoms with Gasteiger partial charge >= 0.3 is 0 Å². The number of fused-ring (bicyclic) bond motifs is 7. The van der Waals surface area contributed by atoms with Crippen molar-refractivity contribution in [2.45, 2.75) is 118 Å². The topological polar surface area (TPSA) is 99.1 Å². The molecule has 0 aliphatic carbocycles. The number of amides is 2. The minimum atomic E-state index is 0.0648. The molecule has 0 saturated heterocycles. The van der Waals surface area contributed by atoms with Crippen LogP contribution in [0.4, 0.5) is 17.1 Å². The zero-order valence-corrected chi connectivity index (χ0v) is 41.8. The third-order valence-corrected chi connectivity index (χ3v) is 17.0. The molecule has 0 spiro atoms. The van der Waals surface area contributed by atoms with Crippen LogP contribution in [0.25, 0.3) is 22.0 Å². The number of hydrogen-bond donors (Lipinski definition) is 3. The van der Waals surface area contributed by atoms with Crippen LogP contribution in [-0.2, 0) is 16.1 Å². The fourth-order valence-corrected chi connectivity index (χ4v) is 13.5. The van der Waals surface area contributed by atoms with Crippen LogP contribution in [0.5, 0.6) is 11.5 Å². The van der Waals surface area contributed by atoms with E-state index in [4.69, 9.17) is 9.47 Å². The van der Waals surface area contributed by atoms with E-state index >= 15 is 0 Å². The highest BCUT2D eigenvalue weighted by Gasteiger charge is 2.40. The van der Waals surface area contributed by atoms with Gasteiger partial charge in [-0.2, -0.15) is 4.57 Å². The lowest BCUT2D eigenvalue weighted by molar-refractivity contribution is -0.671. The second-order valence-corrected chi connectivity index (χ2v) is 21.4. The third-order valence-electron chi connectivity index (χ3n) is 14.7. The molecule has 6 aliphatic heterocycles. The van der Waals surface area contributed by atoms with E-state index in [1.165, 1.54) is 70.6 Å². The molecule has 2 atom stereocenters. The summed E-state index contributed by atoms with van der Waals surface area (Å²) in [6, 6.07) is 32.5. The standard InChI is InChI=1S/C58H64N6O4S2/c65-53(25-5-3-13-34-62-36-28-40-42-39-69-51-23-9-7-17-43(51)59-33-27-47(42)67-48-21-15-19-45(62)55(40)48)60-31-11-1-2-12-32-61-54(66)26-6-4-14-35-63-37-29-41-56-46(63)20-16-22-49(56)68-50-30-38-64-44-18-8-10-24-52(44)70-58(64)57(41)50/h7-10,15-24,28-29,36-37,47,50,59H,1-6,11-14,25-27,30-35,38-39H2,(H-,60,61,65,66)/p+1. The molecule has 7 heterocycles. The van der Waals surface area contributed by atoms with Crippen molar-refractivity contribution in [1.82, 2.24) is 10.6 Å². The summed E-state index contributed by atoms with van der Waals surface area (Å²) < 4.78 is 15.7. The molecule has 12 heteroatoms. The lowest BCUT2D eigenvalue weighted by atomic mass is 9.89. The highest BCUT2D eigenvalue weighted by atomic mass is 32.2. The zero-order valence-electron chi connectivity index (χ0n) is 40.2. The molecule has 11 rings (SSSR count). The number of rotatable bonds is 19. The largest absolute Gasteiger partial charge is 0.485 e. The zero-order chi connectivity index (χ0) is 47.2. The van der Waals surface area contributed by atoms with E-state index in [-0.39, 0.29) is 24.0 Å². The summed E-state index contributed by atoms with van der Waals surface area (Å²) in [7, 11) is 0. The predicted octanol–water partition coefficient (Wildman–Crippen LogP) is 11.6. The van der Waals surface area contributed by atoms with Crippen molar-refractivity contribution in [2.75, 3.05) is 53.6 Å². The minimum Gasteiger partial charge on any atom is -0.485 e. The van der Waals surface area contributed by atoms with Crippen molar-refractivity contribution in [3.05, 3.63) is 131 Å². The number of aryl methyl sites for hydroxylation is 1. The van der Waals surface area contributed by atoms with E-state index in [1.807, 2.05) is 23.5 Å². The summed E-state index contributed by atoms with van der Waals surface area (Å²) >= 11 is 3.76. The maximum atomic E-state index is 12.6. The van der Waals surface area contributed by atoms with Crippen LogP contribution in [0.3, 0.4) is 0 Å². The number of para-hydroxylation sites is 2. The number of nitrogens with zero attached hydrogens (tertiary/aromatic N) is 3. The average Bonchev–Trinajstić information content (AvgIpc) is 3.80. The number of pyridine rings is 1. The lowest BCUT2D eigenvalue weighted by Crippen LogP contribution is -2.38. The van der Waals surface area contributed by atoms with Gasteiger partial charge in [0.1, 0.15) is 30.3 Å². The molecule has 70 heavy (non-hydrogen) atoms. The highest BCUT2D eigenvalue weighted by Crippen LogP contribution is 2.54. The van der Waals surface area contributed by atoms with E-state index < -0.39 is 0 Å². The first-order valence-corrected chi connectivity index (χ1v) is 27.8. The molecule has 10 nitrogen and oxygen atoms in total. The molecule has 0 fully saturated rings. The van der Waals surface area contributed by atoms with Crippen LogP contribution >= 0.6 is 23.5 Å². The first kappa shape index (κ1) is 46.5.